The van der Waals surface area contributed by atoms with Gasteiger partial charge in [-0.2, -0.15) is 0 Å². The molecule has 1 aromatic carbocycles. The zero-order chi connectivity index (χ0) is 14.1. The van der Waals surface area contributed by atoms with Crippen molar-refractivity contribution in [2.24, 2.45) is 0 Å². The predicted octanol–water partition coefficient (Wildman–Crippen LogP) is 3.41. The van der Waals surface area contributed by atoms with E-state index < -0.39 is 10.8 Å². The van der Waals surface area contributed by atoms with Crippen LogP contribution in [0.1, 0.15) is 44.2 Å². The third-order valence-electron chi connectivity index (χ3n) is 3.39. The molecule has 0 aliphatic rings. The number of hydrogen-bond donors (Lipinski definition) is 1. The van der Waals surface area contributed by atoms with Crippen LogP contribution in [0.2, 0.25) is 0 Å². The zero-order valence-corrected chi connectivity index (χ0v) is 13.3. The summed E-state index contributed by atoms with van der Waals surface area (Å²) in [5.41, 5.74) is 2.47. The number of hydrogen-bond acceptors (Lipinski definition) is 2. The minimum atomic E-state index is -0.720. The Labute approximate surface area is 120 Å². The van der Waals surface area contributed by atoms with Crippen molar-refractivity contribution in [1.29, 1.82) is 0 Å². The first-order valence-corrected chi connectivity index (χ1v) is 8.75. The topological polar surface area (TPSA) is 29.1 Å². The first kappa shape index (κ1) is 16.4. The molecule has 2 atom stereocenters. The van der Waals surface area contributed by atoms with Gasteiger partial charge in [0.25, 0.3) is 0 Å². The van der Waals surface area contributed by atoms with Gasteiger partial charge in [-0.25, -0.2) is 0 Å². The normalized spacial score (nSPS) is 14.3. The summed E-state index contributed by atoms with van der Waals surface area (Å²) in [6, 6.07) is 8.81. The number of benzene rings is 1. The highest BCUT2D eigenvalue weighted by Gasteiger charge is 2.05. The Hall–Kier alpha value is -0.670. The molecule has 1 N–H and O–H groups in total. The molecule has 1 aromatic rings. The molecule has 0 aliphatic heterocycles. The van der Waals surface area contributed by atoms with Gasteiger partial charge in [0.15, 0.2) is 0 Å². The van der Waals surface area contributed by atoms with Crippen LogP contribution in [0.4, 0.5) is 0 Å². The summed E-state index contributed by atoms with van der Waals surface area (Å²) in [4.78, 5) is 0. The summed E-state index contributed by atoms with van der Waals surface area (Å²) in [7, 11) is -0.720. The van der Waals surface area contributed by atoms with Crippen molar-refractivity contribution in [2.45, 2.75) is 51.8 Å². The van der Waals surface area contributed by atoms with Gasteiger partial charge in [-0.1, -0.05) is 37.6 Å². The van der Waals surface area contributed by atoms with E-state index in [1.54, 1.807) is 0 Å². The summed E-state index contributed by atoms with van der Waals surface area (Å²) in [6.45, 7) is 7.46. The lowest BCUT2D eigenvalue weighted by atomic mass is 10.1. The Morgan fingerprint density at radius 1 is 1.26 bits per heavy atom. The number of rotatable bonds is 9. The van der Waals surface area contributed by atoms with Crippen LogP contribution in [0.3, 0.4) is 0 Å². The van der Waals surface area contributed by atoms with Gasteiger partial charge < -0.3 is 5.32 Å². The molecular formula is C16H27NOS. The molecule has 19 heavy (non-hydrogen) atoms. The van der Waals surface area contributed by atoms with E-state index in [1.165, 1.54) is 17.5 Å². The Kier molecular flexibility index (Phi) is 7.99. The fourth-order valence-corrected chi connectivity index (χ4v) is 3.52. The Bertz CT molecular complexity index is 392. The van der Waals surface area contributed by atoms with E-state index in [-0.39, 0.29) is 0 Å². The van der Waals surface area contributed by atoms with Crippen molar-refractivity contribution >= 4 is 10.8 Å². The molecule has 0 saturated carbocycles. The second-order valence-corrected chi connectivity index (χ2v) is 6.75. The van der Waals surface area contributed by atoms with Gasteiger partial charge in [0.05, 0.1) is 0 Å². The van der Waals surface area contributed by atoms with E-state index in [2.05, 4.69) is 38.2 Å². The molecular weight excluding hydrogens is 254 g/mol. The lowest BCUT2D eigenvalue weighted by molar-refractivity contribution is 0.509. The average Bonchev–Trinajstić information content (AvgIpc) is 2.38. The van der Waals surface area contributed by atoms with Gasteiger partial charge in [-0.15, -0.1) is 0 Å². The van der Waals surface area contributed by atoms with Crippen molar-refractivity contribution in [3.63, 3.8) is 0 Å². The molecule has 3 heteroatoms. The van der Waals surface area contributed by atoms with Gasteiger partial charge >= 0.3 is 0 Å². The molecule has 0 aliphatic carbocycles. The maximum Gasteiger partial charge on any atom is 0.0488 e. The second-order valence-electron chi connectivity index (χ2n) is 5.17. The van der Waals surface area contributed by atoms with Crippen molar-refractivity contribution in [3.05, 3.63) is 35.4 Å². The van der Waals surface area contributed by atoms with Gasteiger partial charge in [-0.05, 0) is 44.4 Å². The molecule has 0 amide bonds. The monoisotopic (exact) mass is 281 g/mol. The number of aryl methyl sites for hydroxylation is 1. The maximum absolute atomic E-state index is 12.0. The van der Waals surface area contributed by atoms with Crippen molar-refractivity contribution in [1.82, 2.24) is 5.32 Å². The van der Waals surface area contributed by atoms with Gasteiger partial charge in [0, 0.05) is 28.3 Å². The fraction of sp³-hybridized carbons (Fsp3) is 0.625. The Morgan fingerprint density at radius 3 is 2.68 bits per heavy atom. The molecule has 2 unspecified atom stereocenters. The summed E-state index contributed by atoms with van der Waals surface area (Å²) in [5, 5.41) is 3.41. The predicted molar refractivity (Wildman–Crippen MR) is 84.9 cm³/mol. The molecule has 0 saturated heterocycles. The molecule has 0 fully saturated rings. The molecule has 0 radical (unpaired) electrons. The highest BCUT2D eigenvalue weighted by molar-refractivity contribution is 7.84. The van der Waals surface area contributed by atoms with Gasteiger partial charge in [0.2, 0.25) is 0 Å². The van der Waals surface area contributed by atoms with Crippen LogP contribution < -0.4 is 5.32 Å². The standard InChI is InChI=1S/C16H27NOS/c1-4-17-15(3)10-7-8-12-19(18)13-16-11-6-5-9-14(16)2/h5-6,9,11,15,17H,4,7-8,10,12-13H2,1-3H3. The fourth-order valence-electron chi connectivity index (χ4n) is 2.18. The second kappa shape index (κ2) is 9.27. The van der Waals surface area contributed by atoms with Gasteiger partial charge in [-0.3, -0.25) is 4.21 Å². The Balaban J connectivity index is 2.20. The zero-order valence-electron chi connectivity index (χ0n) is 12.4. The quantitative estimate of drug-likeness (QED) is 0.703. The molecule has 0 aromatic heterocycles. The van der Waals surface area contributed by atoms with Crippen LogP contribution in [0.25, 0.3) is 0 Å². The molecule has 0 heterocycles. The minimum absolute atomic E-state index is 0.579. The summed E-state index contributed by atoms with van der Waals surface area (Å²) < 4.78 is 12.0. The Morgan fingerprint density at radius 2 is 2.00 bits per heavy atom. The molecule has 2 nitrogen and oxygen atoms in total. The van der Waals surface area contributed by atoms with Crippen LogP contribution in [0.5, 0.6) is 0 Å². The molecule has 1 rings (SSSR count). The van der Waals surface area contributed by atoms with E-state index in [4.69, 9.17) is 0 Å². The van der Waals surface area contributed by atoms with E-state index in [0.717, 1.165) is 25.1 Å². The summed E-state index contributed by atoms with van der Waals surface area (Å²) in [6.07, 6.45) is 3.40. The minimum Gasteiger partial charge on any atom is -0.315 e. The van der Waals surface area contributed by atoms with Crippen LogP contribution in [0.15, 0.2) is 24.3 Å². The first-order chi connectivity index (χ1) is 9.13. The van der Waals surface area contributed by atoms with E-state index in [1.807, 2.05) is 12.1 Å². The third-order valence-corrected chi connectivity index (χ3v) is 4.77. The number of unbranched alkanes of at least 4 members (excludes halogenated alkanes) is 1. The largest absolute Gasteiger partial charge is 0.315 e. The first-order valence-electron chi connectivity index (χ1n) is 7.26. The van der Waals surface area contributed by atoms with Crippen molar-refractivity contribution in [2.75, 3.05) is 12.3 Å². The summed E-state index contributed by atoms with van der Waals surface area (Å²) >= 11 is 0. The lowest BCUT2D eigenvalue weighted by Gasteiger charge is -2.11. The third kappa shape index (κ3) is 6.88. The smallest absolute Gasteiger partial charge is 0.0488 e. The van der Waals surface area contributed by atoms with Crippen LogP contribution >= 0.6 is 0 Å². The summed E-state index contributed by atoms with van der Waals surface area (Å²) in [5.74, 6) is 1.53. The van der Waals surface area contributed by atoms with Crippen molar-refractivity contribution in [3.8, 4) is 0 Å². The SMILES string of the molecule is CCNC(C)CCCCS(=O)Cc1ccccc1C. The van der Waals surface area contributed by atoms with E-state index in [0.29, 0.717) is 11.8 Å². The van der Waals surface area contributed by atoms with E-state index in [9.17, 15) is 4.21 Å². The molecule has 0 spiro atoms. The molecule has 108 valence electrons. The number of nitrogens with one attached hydrogen (secondary N) is 1. The van der Waals surface area contributed by atoms with Crippen LogP contribution in [0, 0.1) is 6.92 Å². The van der Waals surface area contributed by atoms with Gasteiger partial charge in [0.1, 0.15) is 0 Å². The van der Waals surface area contributed by atoms with E-state index >= 15 is 0 Å². The molecule has 0 bridgehead atoms. The van der Waals surface area contributed by atoms with Crippen LogP contribution in [-0.2, 0) is 16.6 Å². The average molecular weight is 281 g/mol. The van der Waals surface area contributed by atoms with Crippen LogP contribution in [-0.4, -0.2) is 22.5 Å². The van der Waals surface area contributed by atoms with Crippen molar-refractivity contribution < 1.29 is 4.21 Å². The lowest BCUT2D eigenvalue weighted by Crippen LogP contribution is -2.25. The highest BCUT2D eigenvalue weighted by Crippen LogP contribution is 2.11. The highest BCUT2D eigenvalue weighted by atomic mass is 32.2. The maximum atomic E-state index is 12.0.